The molecule has 1 spiro atoms. The third kappa shape index (κ3) is 4.07. The summed E-state index contributed by atoms with van der Waals surface area (Å²) >= 11 is 0. The summed E-state index contributed by atoms with van der Waals surface area (Å²) < 4.78 is 0. The molecular formula is C25H31N3O2. The van der Waals surface area contributed by atoms with Crippen LogP contribution in [0.1, 0.15) is 56.7 Å². The first kappa shape index (κ1) is 20.5. The van der Waals surface area contributed by atoms with Crippen molar-refractivity contribution in [2.24, 2.45) is 5.16 Å². The summed E-state index contributed by atoms with van der Waals surface area (Å²) in [6.45, 7) is 9.89. The summed E-state index contributed by atoms with van der Waals surface area (Å²) in [6, 6.07) is 16.3. The van der Waals surface area contributed by atoms with E-state index in [1.165, 1.54) is 0 Å². The van der Waals surface area contributed by atoms with Crippen molar-refractivity contribution >= 4 is 17.4 Å². The number of carbonyl (C=O) groups excluding carboxylic acids is 1. The fourth-order valence-corrected chi connectivity index (χ4v) is 4.34. The predicted molar refractivity (Wildman–Crippen MR) is 121 cm³/mol. The van der Waals surface area contributed by atoms with Crippen molar-refractivity contribution in [2.45, 2.75) is 58.0 Å². The maximum Gasteiger partial charge on any atom is 0.321 e. The van der Waals surface area contributed by atoms with Gasteiger partial charge in [-0.05, 0) is 29.0 Å². The minimum atomic E-state index is -0.277. The van der Waals surface area contributed by atoms with Gasteiger partial charge in [0.1, 0.15) is 5.60 Å². The summed E-state index contributed by atoms with van der Waals surface area (Å²) in [7, 11) is 0. The van der Waals surface area contributed by atoms with Gasteiger partial charge in [-0.2, -0.15) is 0 Å². The van der Waals surface area contributed by atoms with E-state index in [9.17, 15) is 4.79 Å². The van der Waals surface area contributed by atoms with E-state index in [4.69, 9.17) is 4.84 Å². The molecule has 1 fully saturated rings. The van der Waals surface area contributed by atoms with E-state index < -0.39 is 0 Å². The minimum Gasteiger partial charge on any atom is -0.388 e. The number of aryl methyl sites for hydroxylation is 1. The van der Waals surface area contributed by atoms with Gasteiger partial charge < -0.3 is 15.1 Å². The van der Waals surface area contributed by atoms with Crippen LogP contribution in [-0.2, 0) is 10.3 Å². The van der Waals surface area contributed by atoms with Crippen molar-refractivity contribution in [3.05, 3.63) is 65.2 Å². The summed E-state index contributed by atoms with van der Waals surface area (Å²) in [6.07, 6.45) is 2.39. The number of hydrogen-bond donors (Lipinski definition) is 1. The highest BCUT2D eigenvalue weighted by atomic mass is 16.7. The second kappa shape index (κ2) is 7.78. The number of likely N-dealkylation sites (tertiary alicyclic amines) is 1. The van der Waals surface area contributed by atoms with E-state index >= 15 is 0 Å². The van der Waals surface area contributed by atoms with E-state index in [2.05, 4.69) is 55.5 Å². The largest absolute Gasteiger partial charge is 0.388 e. The van der Waals surface area contributed by atoms with Gasteiger partial charge >= 0.3 is 6.03 Å². The van der Waals surface area contributed by atoms with Gasteiger partial charge in [-0.3, -0.25) is 0 Å². The Balaban J connectivity index is 1.40. The topological polar surface area (TPSA) is 53.9 Å². The third-order valence-electron chi connectivity index (χ3n) is 6.22. The average Bonchev–Trinajstić information content (AvgIpc) is 3.13. The number of rotatable bonds is 2. The zero-order chi connectivity index (χ0) is 21.4. The molecule has 0 unspecified atom stereocenters. The molecule has 0 bridgehead atoms. The van der Waals surface area contributed by atoms with Crippen LogP contribution in [0.2, 0.25) is 0 Å². The molecule has 0 aliphatic carbocycles. The van der Waals surface area contributed by atoms with Crippen molar-refractivity contribution in [3.63, 3.8) is 0 Å². The first-order valence-corrected chi connectivity index (χ1v) is 10.7. The molecule has 5 nitrogen and oxygen atoms in total. The molecule has 2 aliphatic rings. The highest BCUT2D eigenvalue weighted by Crippen LogP contribution is 2.37. The number of hydrogen-bond acceptors (Lipinski definition) is 3. The van der Waals surface area contributed by atoms with Gasteiger partial charge in [0, 0.05) is 38.0 Å². The molecule has 2 aromatic carbocycles. The number of oxime groups is 1. The minimum absolute atomic E-state index is 0.0353. The molecule has 2 amide bonds. The molecule has 0 atom stereocenters. The van der Waals surface area contributed by atoms with Crippen LogP contribution in [0.15, 0.2) is 53.7 Å². The molecule has 0 saturated carbocycles. The highest BCUT2D eigenvalue weighted by Gasteiger charge is 2.43. The molecule has 1 N–H and O–H groups in total. The Hall–Kier alpha value is -2.82. The Morgan fingerprint density at radius 1 is 1.07 bits per heavy atom. The van der Waals surface area contributed by atoms with Gasteiger partial charge in [0.15, 0.2) is 0 Å². The third-order valence-corrected chi connectivity index (χ3v) is 6.22. The van der Waals surface area contributed by atoms with Crippen LogP contribution in [0, 0.1) is 6.92 Å². The number of anilines is 1. The number of benzene rings is 2. The van der Waals surface area contributed by atoms with E-state index in [0.29, 0.717) is 13.1 Å². The molecule has 30 heavy (non-hydrogen) atoms. The monoisotopic (exact) mass is 405 g/mol. The maximum absolute atomic E-state index is 13.0. The van der Waals surface area contributed by atoms with Crippen molar-refractivity contribution in [3.8, 4) is 0 Å². The second-order valence-electron chi connectivity index (χ2n) is 9.52. The fraction of sp³-hybridized carbons (Fsp3) is 0.440. The van der Waals surface area contributed by atoms with E-state index in [1.807, 2.05) is 36.1 Å². The summed E-state index contributed by atoms with van der Waals surface area (Å²) in [5, 5.41) is 7.55. The lowest BCUT2D eigenvalue weighted by atomic mass is 9.84. The first-order chi connectivity index (χ1) is 14.3. The van der Waals surface area contributed by atoms with Crippen molar-refractivity contribution < 1.29 is 9.63 Å². The van der Waals surface area contributed by atoms with Crippen LogP contribution < -0.4 is 5.32 Å². The molecule has 2 aliphatic heterocycles. The molecular weight excluding hydrogens is 374 g/mol. The quantitative estimate of drug-likeness (QED) is 0.719. The first-order valence-electron chi connectivity index (χ1n) is 10.7. The van der Waals surface area contributed by atoms with Crippen molar-refractivity contribution in [2.75, 3.05) is 18.4 Å². The normalized spacial score (nSPS) is 18.1. The molecule has 4 rings (SSSR count). The van der Waals surface area contributed by atoms with Crippen molar-refractivity contribution in [1.29, 1.82) is 0 Å². The molecule has 2 heterocycles. The van der Waals surface area contributed by atoms with E-state index in [0.717, 1.165) is 47.4 Å². The smallest absolute Gasteiger partial charge is 0.321 e. The maximum atomic E-state index is 13.0. The summed E-state index contributed by atoms with van der Waals surface area (Å²) in [5.74, 6) is 0. The number of para-hydroxylation sites is 1. The Morgan fingerprint density at radius 2 is 1.77 bits per heavy atom. The van der Waals surface area contributed by atoms with Gasteiger partial charge in [-0.15, -0.1) is 0 Å². The van der Waals surface area contributed by atoms with E-state index in [-0.39, 0.29) is 17.0 Å². The predicted octanol–water partition coefficient (Wildman–Crippen LogP) is 5.48. The molecule has 0 aromatic heterocycles. The standard InChI is InChI=1S/C25H31N3O2/c1-18-9-8-12-20(24(2,3)4)22(18)26-23(29)28-15-13-25(14-16-28)17-21(27-30-25)19-10-6-5-7-11-19/h5-12H,13-17H2,1-4H3,(H,26,29). The number of carbonyl (C=O) groups is 1. The Labute approximate surface area is 179 Å². The number of nitrogens with zero attached hydrogens (tertiary/aromatic N) is 2. The van der Waals surface area contributed by atoms with Gasteiger partial charge in [-0.25, -0.2) is 4.79 Å². The lowest BCUT2D eigenvalue weighted by molar-refractivity contribution is -0.0544. The van der Waals surface area contributed by atoms with Crippen LogP contribution in [0.3, 0.4) is 0 Å². The SMILES string of the molecule is Cc1cccc(C(C)(C)C)c1NC(=O)N1CCC2(CC1)CC(c1ccccc1)=NO2. The Kier molecular flexibility index (Phi) is 5.31. The van der Waals surface area contributed by atoms with E-state index in [1.54, 1.807) is 0 Å². The van der Waals surface area contributed by atoms with Crippen LogP contribution in [0.25, 0.3) is 0 Å². The Morgan fingerprint density at radius 3 is 2.43 bits per heavy atom. The fourth-order valence-electron chi connectivity index (χ4n) is 4.34. The Bertz CT molecular complexity index is 952. The number of urea groups is 1. The number of amides is 2. The number of piperidine rings is 1. The second-order valence-corrected chi connectivity index (χ2v) is 9.52. The lowest BCUT2D eigenvalue weighted by Crippen LogP contribution is -2.48. The van der Waals surface area contributed by atoms with Crippen LogP contribution >= 0.6 is 0 Å². The molecule has 5 heteroatoms. The molecule has 158 valence electrons. The van der Waals surface area contributed by atoms with Gasteiger partial charge in [0.05, 0.1) is 5.71 Å². The summed E-state index contributed by atoms with van der Waals surface area (Å²) in [5.41, 5.74) is 4.98. The summed E-state index contributed by atoms with van der Waals surface area (Å²) in [4.78, 5) is 20.8. The van der Waals surface area contributed by atoms with Gasteiger partial charge in [0.2, 0.25) is 0 Å². The highest BCUT2D eigenvalue weighted by molar-refractivity contribution is 6.01. The zero-order valence-corrected chi connectivity index (χ0v) is 18.4. The van der Waals surface area contributed by atoms with Crippen LogP contribution in [0.5, 0.6) is 0 Å². The van der Waals surface area contributed by atoms with Gasteiger partial charge in [0.25, 0.3) is 0 Å². The lowest BCUT2D eigenvalue weighted by Gasteiger charge is -2.37. The molecule has 2 aromatic rings. The van der Waals surface area contributed by atoms with Crippen LogP contribution in [0.4, 0.5) is 10.5 Å². The van der Waals surface area contributed by atoms with Gasteiger partial charge in [-0.1, -0.05) is 74.5 Å². The van der Waals surface area contributed by atoms with Crippen LogP contribution in [-0.4, -0.2) is 35.3 Å². The molecule has 0 radical (unpaired) electrons. The van der Waals surface area contributed by atoms with Crippen molar-refractivity contribution in [1.82, 2.24) is 4.90 Å². The average molecular weight is 406 g/mol. The zero-order valence-electron chi connectivity index (χ0n) is 18.4. The molecule has 1 saturated heterocycles. The number of nitrogens with one attached hydrogen (secondary N) is 1.